The molecule has 4 nitrogen and oxygen atoms in total. The van der Waals surface area contributed by atoms with Crippen molar-refractivity contribution in [1.29, 1.82) is 0 Å². The second kappa shape index (κ2) is 7.97. The standard InChI is InChI=1S/C22H34N2O2/c1-26-16-4-5-17-8-14-24(15-9-17)20-18-6-2-3-7-19(18)22(21(20)25)10-12-23-13-11-22/h2-3,6-7,17,20-21,23,25H,4-5,8-16H2,1H3/t20-,21+/m0/s1. The first kappa shape index (κ1) is 18.4. The van der Waals surface area contributed by atoms with Crippen molar-refractivity contribution in [3.63, 3.8) is 0 Å². The highest BCUT2D eigenvalue weighted by atomic mass is 16.5. The Bertz CT molecular complexity index is 592. The molecule has 0 bridgehead atoms. The Morgan fingerprint density at radius 3 is 2.65 bits per heavy atom. The van der Waals surface area contributed by atoms with E-state index in [4.69, 9.17) is 4.74 Å². The number of ether oxygens (including phenoxy) is 1. The summed E-state index contributed by atoms with van der Waals surface area (Å²) in [6.45, 7) is 5.13. The molecule has 0 saturated carbocycles. The number of aliphatic hydroxyl groups is 1. The highest BCUT2D eigenvalue weighted by molar-refractivity contribution is 5.45. The van der Waals surface area contributed by atoms with E-state index in [0.717, 1.165) is 51.5 Å². The third-order valence-corrected chi connectivity index (χ3v) is 7.18. The summed E-state index contributed by atoms with van der Waals surface area (Å²) in [4.78, 5) is 2.58. The van der Waals surface area contributed by atoms with Gasteiger partial charge in [-0.2, -0.15) is 0 Å². The fourth-order valence-electron chi connectivity index (χ4n) is 5.71. The van der Waals surface area contributed by atoms with Crippen LogP contribution < -0.4 is 5.32 Å². The molecule has 3 aliphatic rings. The van der Waals surface area contributed by atoms with E-state index in [2.05, 4.69) is 34.5 Å². The van der Waals surface area contributed by atoms with Gasteiger partial charge in [-0.3, -0.25) is 4.90 Å². The van der Waals surface area contributed by atoms with Crippen molar-refractivity contribution in [3.05, 3.63) is 35.4 Å². The van der Waals surface area contributed by atoms with Crippen LogP contribution in [0.4, 0.5) is 0 Å². The minimum absolute atomic E-state index is 0.0399. The molecule has 0 radical (unpaired) electrons. The third-order valence-electron chi connectivity index (χ3n) is 7.18. The van der Waals surface area contributed by atoms with E-state index in [1.165, 1.54) is 36.8 Å². The Hall–Kier alpha value is -0.940. The molecule has 4 rings (SSSR count). The van der Waals surface area contributed by atoms with Gasteiger partial charge in [-0.25, -0.2) is 0 Å². The average molecular weight is 359 g/mol. The first-order chi connectivity index (χ1) is 12.8. The van der Waals surface area contributed by atoms with Crippen LogP contribution in [-0.2, 0) is 10.2 Å². The molecule has 2 aliphatic heterocycles. The molecule has 2 heterocycles. The Morgan fingerprint density at radius 2 is 1.92 bits per heavy atom. The van der Waals surface area contributed by atoms with E-state index in [9.17, 15) is 5.11 Å². The predicted molar refractivity (Wildman–Crippen MR) is 104 cm³/mol. The van der Waals surface area contributed by atoms with Gasteiger partial charge in [0.25, 0.3) is 0 Å². The van der Waals surface area contributed by atoms with Gasteiger partial charge in [0.2, 0.25) is 0 Å². The van der Waals surface area contributed by atoms with Gasteiger partial charge >= 0.3 is 0 Å². The van der Waals surface area contributed by atoms with Gasteiger partial charge in [-0.15, -0.1) is 0 Å². The third kappa shape index (κ3) is 3.22. The lowest BCUT2D eigenvalue weighted by Crippen LogP contribution is -2.49. The lowest BCUT2D eigenvalue weighted by atomic mass is 9.72. The van der Waals surface area contributed by atoms with Crippen LogP contribution in [-0.4, -0.2) is 56.0 Å². The molecule has 0 aromatic heterocycles. The Morgan fingerprint density at radius 1 is 1.19 bits per heavy atom. The smallest absolute Gasteiger partial charge is 0.0834 e. The molecule has 144 valence electrons. The van der Waals surface area contributed by atoms with Crippen LogP contribution in [0.2, 0.25) is 0 Å². The molecule has 1 aliphatic carbocycles. The molecular weight excluding hydrogens is 324 g/mol. The number of nitrogens with zero attached hydrogens (tertiary/aromatic N) is 1. The molecule has 1 spiro atoms. The predicted octanol–water partition coefficient (Wildman–Crippen LogP) is 2.86. The van der Waals surface area contributed by atoms with E-state index >= 15 is 0 Å². The number of fused-ring (bicyclic) bond motifs is 2. The quantitative estimate of drug-likeness (QED) is 0.795. The zero-order valence-electron chi connectivity index (χ0n) is 16.1. The van der Waals surface area contributed by atoms with Gasteiger partial charge < -0.3 is 15.2 Å². The number of rotatable bonds is 5. The SMILES string of the molecule is COCCCC1CCN([C@H]2c3ccccc3C3(CCNCC3)[C@@H]2O)CC1. The van der Waals surface area contributed by atoms with Gasteiger partial charge in [-0.05, 0) is 81.7 Å². The largest absolute Gasteiger partial charge is 0.390 e. The highest BCUT2D eigenvalue weighted by Crippen LogP contribution is 2.52. The molecule has 1 aromatic rings. The number of aliphatic hydroxyl groups excluding tert-OH is 1. The first-order valence-corrected chi connectivity index (χ1v) is 10.5. The number of benzene rings is 1. The van der Waals surface area contributed by atoms with Crippen LogP contribution in [0.15, 0.2) is 24.3 Å². The monoisotopic (exact) mass is 358 g/mol. The fourth-order valence-corrected chi connectivity index (χ4v) is 5.71. The summed E-state index contributed by atoms with van der Waals surface area (Å²) in [6, 6.07) is 9.03. The maximum absolute atomic E-state index is 11.5. The summed E-state index contributed by atoms with van der Waals surface area (Å²) < 4.78 is 5.20. The number of hydrogen-bond acceptors (Lipinski definition) is 4. The minimum atomic E-state index is -0.271. The van der Waals surface area contributed by atoms with Crippen LogP contribution in [0.3, 0.4) is 0 Å². The molecular formula is C22H34N2O2. The normalized spacial score (nSPS) is 29.2. The van der Waals surface area contributed by atoms with E-state index in [0.29, 0.717) is 0 Å². The van der Waals surface area contributed by atoms with Gasteiger partial charge in [0.05, 0.1) is 12.1 Å². The number of nitrogens with one attached hydrogen (secondary N) is 1. The maximum Gasteiger partial charge on any atom is 0.0834 e. The lowest BCUT2D eigenvalue weighted by Gasteiger charge is -2.42. The molecule has 2 saturated heterocycles. The summed E-state index contributed by atoms with van der Waals surface area (Å²) >= 11 is 0. The summed E-state index contributed by atoms with van der Waals surface area (Å²) in [6.07, 6.45) is 6.79. The zero-order valence-corrected chi connectivity index (χ0v) is 16.1. The number of hydrogen-bond donors (Lipinski definition) is 2. The van der Waals surface area contributed by atoms with Crippen molar-refractivity contribution in [2.45, 2.75) is 56.1 Å². The second-order valence-electron chi connectivity index (χ2n) is 8.50. The van der Waals surface area contributed by atoms with Gasteiger partial charge in [0.15, 0.2) is 0 Å². The van der Waals surface area contributed by atoms with Crippen molar-refractivity contribution >= 4 is 0 Å². The Balaban J connectivity index is 1.49. The van der Waals surface area contributed by atoms with E-state index in [1.54, 1.807) is 7.11 Å². The zero-order chi connectivity index (χ0) is 18.0. The van der Waals surface area contributed by atoms with Crippen molar-refractivity contribution in [2.75, 3.05) is 39.9 Å². The van der Waals surface area contributed by atoms with Crippen molar-refractivity contribution in [1.82, 2.24) is 10.2 Å². The maximum atomic E-state index is 11.5. The van der Waals surface area contributed by atoms with Gasteiger partial charge in [-0.1, -0.05) is 24.3 Å². The molecule has 2 N–H and O–H groups in total. The second-order valence-corrected chi connectivity index (χ2v) is 8.50. The number of methoxy groups -OCH3 is 1. The first-order valence-electron chi connectivity index (χ1n) is 10.5. The Kier molecular flexibility index (Phi) is 5.65. The van der Waals surface area contributed by atoms with Crippen LogP contribution >= 0.6 is 0 Å². The summed E-state index contributed by atoms with van der Waals surface area (Å²) in [7, 11) is 1.79. The fraction of sp³-hybridized carbons (Fsp3) is 0.727. The van der Waals surface area contributed by atoms with Gasteiger partial charge in [0, 0.05) is 19.1 Å². The highest BCUT2D eigenvalue weighted by Gasteiger charge is 2.53. The van der Waals surface area contributed by atoms with Crippen molar-refractivity contribution in [2.24, 2.45) is 5.92 Å². The molecule has 1 aromatic carbocycles. The van der Waals surface area contributed by atoms with Crippen molar-refractivity contribution < 1.29 is 9.84 Å². The summed E-state index contributed by atoms with van der Waals surface area (Å²) in [5.41, 5.74) is 2.77. The number of piperidine rings is 2. The van der Waals surface area contributed by atoms with E-state index in [1.807, 2.05) is 0 Å². The Labute approximate surface area is 157 Å². The summed E-state index contributed by atoms with van der Waals surface area (Å²) in [5, 5.41) is 15.0. The van der Waals surface area contributed by atoms with Crippen LogP contribution in [0.1, 0.15) is 55.7 Å². The molecule has 0 amide bonds. The van der Waals surface area contributed by atoms with Crippen LogP contribution in [0, 0.1) is 5.92 Å². The van der Waals surface area contributed by atoms with Crippen molar-refractivity contribution in [3.8, 4) is 0 Å². The lowest BCUT2D eigenvalue weighted by molar-refractivity contribution is -0.0135. The van der Waals surface area contributed by atoms with Crippen LogP contribution in [0.5, 0.6) is 0 Å². The van der Waals surface area contributed by atoms with E-state index in [-0.39, 0.29) is 17.6 Å². The summed E-state index contributed by atoms with van der Waals surface area (Å²) in [5.74, 6) is 0.822. The molecule has 4 heteroatoms. The topological polar surface area (TPSA) is 44.7 Å². The number of likely N-dealkylation sites (tertiary alicyclic amines) is 1. The van der Waals surface area contributed by atoms with Crippen LogP contribution in [0.25, 0.3) is 0 Å². The molecule has 0 unspecified atom stereocenters. The average Bonchev–Trinajstić information content (AvgIpc) is 2.92. The minimum Gasteiger partial charge on any atom is -0.390 e. The van der Waals surface area contributed by atoms with Gasteiger partial charge in [0.1, 0.15) is 0 Å². The van der Waals surface area contributed by atoms with E-state index < -0.39 is 0 Å². The molecule has 26 heavy (non-hydrogen) atoms. The molecule has 2 fully saturated rings. The molecule has 2 atom stereocenters.